The molecule has 0 radical (unpaired) electrons. The van der Waals surface area contributed by atoms with Gasteiger partial charge in [-0.3, -0.25) is 4.79 Å². The molecule has 94 valence electrons. The van der Waals surface area contributed by atoms with Crippen LogP contribution >= 0.6 is 0 Å². The zero-order valence-electron chi connectivity index (χ0n) is 10.9. The maximum absolute atomic E-state index is 12.1. The van der Waals surface area contributed by atoms with Crippen LogP contribution in [0.3, 0.4) is 0 Å². The van der Waals surface area contributed by atoms with E-state index in [1.54, 1.807) is 0 Å². The molecule has 0 aliphatic heterocycles. The number of nitrogens with one attached hydrogen (secondary N) is 1. The maximum Gasteiger partial charge on any atom is 0.227 e. The Hall–Kier alpha value is -1.35. The molecule has 2 unspecified atom stereocenters. The van der Waals surface area contributed by atoms with Gasteiger partial charge >= 0.3 is 0 Å². The molecule has 3 nitrogen and oxygen atoms in total. The van der Waals surface area contributed by atoms with Crippen LogP contribution in [0, 0.1) is 5.41 Å². The molecule has 0 saturated heterocycles. The molecule has 0 aromatic heterocycles. The monoisotopic (exact) mass is 234 g/mol. The highest BCUT2D eigenvalue weighted by molar-refractivity contribution is 5.82. The Morgan fingerprint density at radius 1 is 1.41 bits per heavy atom. The lowest BCUT2D eigenvalue weighted by atomic mass is 9.86. The van der Waals surface area contributed by atoms with Gasteiger partial charge in [0.2, 0.25) is 5.91 Å². The van der Waals surface area contributed by atoms with Crippen LogP contribution < -0.4 is 11.1 Å². The first-order valence-electron chi connectivity index (χ1n) is 6.09. The molecular weight excluding hydrogens is 212 g/mol. The fourth-order valence-electron chi connectivity index (χ4n) is 1.59. The summed E-state index contributed by atoms with van der Waals surface area (Å²) in [6.45, 7) is 6.25. The van der Waals surface area contributed by atoms with Gasteiger partial charge in [-0.15, -0.1) is 0 Å². The minimum absolute atomic E-state index is 0.0149. The molecule has 1 amide bonds. The summed E-state index contributed by atoms with van der Waals surface area (Å²) in [5.74, 6) is 0.0267. The summed E-state index contributed by atoms with van der Waals surface area (Å²) in [6.07, 6.45) is 0.747. The largest absolute Gasteiger partial charge is 0.349 e. The Balaban J connectivity index is 2.69. The van der Waals surface area contributed by atoms with E-state index in [4.69, 9.17) is 5.73 Å². The Labute approximate surface area is 103 Å². The van der Waals surface area contributed by atoms with Crippen LogP contribution in [-0.4, -0.2) is 12.5 Å². The normalized spacial score (nSPS) is 16.0. The van der Waals surface area contributed by atoms with Gasteiger partial charge in [-0.1, -0.05) is 37.3 Å². The Morgan fingerprint density at radius 3 is 2.47 bits per heavy atom. The van der Waals surface area contributed by atoms with Gasteiger partial charge in [0.25, 0.3) is 0 Å². The van der Waals surface area contributed by atoms with Crippen LogP contribution in [-0.2, 0) is 4.79 Å². The topological polar surface area (TPSA) is 55.1 Å². The van der Waals surface area contributed by atoms with Gasteiger partial charge in [0.15, 0.2) is 0 Å². The van der Waals surface area contributed by atoms with Gasteiger partial charge in [0.05, 0.1) is 11.5 Å². The molecule has 1 aromatic carbocycles. The average molecular weight is 234 g/mol. The second-order valence-electron chi connectivity index (χ2n) is 4.72. The van der Waals surface area contributed by atoms with Crippen molar-refractivity contribution in [2.45, 2.75) is 33.2 Å². The SMILES string of the molecule is CCC(C)(CN)C(=O)NC(C)c1ccccc1. The zero-order valence-corrected chi connectivity index (χ0v) is 10.9. The highest BCUT2D eigenvalue weighted by atomic mass is 16.2. The van der Waals surface area contributed by atoms with Crippen molar-refractivity contribution in [3.05, 3.63) is 35.9 Å². The summed E-state index contributed by atoms with van der Waals surface area (Å²) < 4.78 is 0. The third-order valence-electron chi connectivity index (χ3n) is 3.43. The van der Waals surface area contributed by atoms with Crippen molar-refractivity contribution in [3.8, 4) is 0 Å². The van der Waals surface area contributed by atoms with Crippen LogP contribution in [0.5, 0.6) is 0 Å². The van der Waals surface area contributed by atoms with Gasteiger partial charge < -0.3 is 11.1 Å². The van der Waals surface area contributed by atoms with E-state index < -0.39 is 5.41 Å². The third-order valence-corrected chi connectivity index (χ3v) is 3.43. The predicted molar refractivity (Wildman–Crippen MR) is 70.5 cm³/mol. The highest BCUT2D eigenvalue weighted by Crippen LogP contribution is 2.21. The van der Waals surface area contributed by atoms with Gasteiger partial charge in [-0.25, -0.2) is 0 Å². The van der Waals surface area contributed by atoms with Gasteiger partial charge in [0, 0.05) is 6.54 Å². The number of hydrogen-bond acceptors (Lipinski definition) is 2. The van der Waals surface area contributed by atoms with Gasteiger partial charge in [0.1, 0.15) is 0 Å². The Morgan fingerprint density at radius 2 is 2.00 bits per heavy atom. The number of amides is 1. The van der Waals surface area contributed by atoms with Crippen molar-refractivity contribution < 1.29 is 4.79 Å². The van der Waals surface area contributed by atoms with Crippen molar-refractivity contribution in [2.24, 2.45) is 11.1 Å². The number of nitrogens with two attached hydrogens (primary N) is 1. The second-order valence-corrected chi connectivity index (χ2v) is 4.72. The average Bonchev–Trinajstić information content (AvgIpc) is 2.38. The Bertz CT molecular complexity index is 358. The first-order chi connectivity index (χ1) is 8.03. The van der Waals surface area contributed by atoms with E-state index in [0.717, 1.165) is 12.0 Å². The predicted octanol–water partition coefficient (Wildman–Crippen LogP) is 2.24. The highest BCUT2D eigenvalue weighted by Gasteiger charge is 2.30. The van der Waals surface area contributed by atoms with Gasteiger partial charge in [-0.05, 0) is 25.8 Å². The number of benzene rings is 1. The zero-order chi connectivity index (χ0) is 12.9. The minimum atomic E-state index is -0.469. The van der Waals surface area contributed by atoms with Crippen LogP contribution in [0.1, 0.15) is 38.8 Å². The second kappa shape index (κ2) is 5.82. The molecule has 0 heterocycles. The fraction of sp³-hybridized carbons (Fsp3) is 0.500. The molecule has 3 N–H and O–H groups in total. The van der Waals surface area contributed by atoms with Crippen molar-refractivity contribution >= 4 is 5.91 Å². The Kier molecular flexibility index (Phi) is 4.70. The number of hydrogen-bond donors (Lipinski definition) is 2. The summed E-state index contributed by atoms with van der Waals surface area (Å²) in [4.78, 5) is 12.1. The molecule has 2 atom stereocenters. The standard InChI is InChI=1S/C14H22N2O/c1-4-14(3,10-15)13(17)16-11(2)12-8-6-5-7-9-12/h5-9,11H,4,10,15H2,1-3H3,(H,16,17). The number of rotatable bonds is 5. The molecule has 17 heavy (non-hydrogen) atoms. The van der Waals surface area contributed by atoms with Crippen molar-refractivity contribution in [1.82, 2.24) is 5.32 Å². The van der Waals surface area contributed by atoms with Crippen LogP contribution in [0.25, 0.3) is 0 Å². The maximum atomic E-state index is 12.1. The van der Waals surface area contributed by atoms with E-state index in [-0.39, 0.29) is 11.9 Å². The van der Waals surface area contributed by atoms with E-state index in [0.29, 0.717) is 6.54 Å². The van der Waals surface area contributed by atoms with E-state index in [1.807, 2.05) is 51.1 Å². The molecule has 0 aliphatic carbocycles. The summed E-state index contributed by atoms with van der Waals surface area (Å²) in [6, 6.07) is 9.95. The fourth-order valence-corrected chi connectivity index (χ4v) is 1.59. The molecule has 1 rings (SSSR count). The lowest BCUT2D eigenvalue weighted by Crippen LogP contribution is -2.44. The van der Waals surface area contributed by atoms with E-state index >= 15 is 0 Å². The molecule has 0 spiro atoms. The molecule has 3 heteroatoms. The lowest BCUT2D eigenvalue weighted by molar-refractivity contribution is -0.130. The summed E-state index contributed by atoms with van der Waals surface area (Å²) in [7, 11) is 0. The van der Waals surface area contributed by atoms with Crippen LogP contribution in [0.4, 0.5) is 0 Å². The number of carbonyl (C=O) groups excluding carboxylic acids is 1. The van der Waals surface area contributed by atoms with Crippen molar-refractivity contribution in [3.63, 3.8) is 0 Å². The summed E-state index contributed by atoms with van der Waals surface area (Å²) in [5.41, 5.74) is 6.31. The minimum Gasteiger partial charge on any atom is -0.349 e. The molecule has 1 aromatic rings. The lowest BCUT2D eigenvalue weighted by Gasteiger charge is -2.27. The quantitative estimate of drug-likeness (QED) is 0.821. The first kappa shape index (κ1) is 13.7. The summed E-state index contributed by atoms with van der Waals surface area (Å²) >= 11 is 0. The first-order valence-corrected chi connectivity index (χ1v) is 6.09. The van der Waals surface area contributed by atoms with E-state index in [9.17, 15) is 4.79 Å². The molecule has 0 fully saturated rings. The molecule has 0 bridgehead atoms. The molecule has 0 aliphatic rings. The van der Waals surface area contributed by atoms with Crippen molar-refractivity contribution in [2.75, 3.05) is 6.54 Å². The van der Waals surface area contributed by atoms with Crippen LogP contribution in [0.15, 0.2) is 30.3 Å². The van der Waals surface area contributed by atoms with Crippen molar-refractivity contribution in [1.29, 1.82) is 0 Å². The smallest absolute Gasteiger partial charge is 0.227 e. The summed E-state index contributed by atoms with van der Waals surface area (Å²) in [5, 5.41) is 3.02. The third kappa shape index (κ3) is 3.30. The molecular formula is C14H22N2O. The molecule has 0 saturated carbocycles. The van der Waals surface area contributed by atoms with E-state index in [2.05, 4.69) is 5.32 Å². The van der Waals surface area contributed by atoms with E-state index in [1.165, 1.54) is 0 Å². The van der Waals surface area contributed by atoms with Crippen LogP contribution in [0.2, 0.25) is 0 Å². The number of carbonyl (C=O) groups is 1. The van der Waals surface area contributed by atoms with Gasteiger partial charge in [-0.2, -0.15) is 0 Å².